The van der Waals surface area contributed by atoms with Crippen molar-refractivity contribution in [2.45, 2.75) is 25.6 Å². The van der Waals surface area contributed by atoms with Crippen molar-refractivity contribution >= 4 is 5.91 Å². The van der Waals surface area contributed by atoms with E-state index in [2.05, 4.69) is 11.8 Å². The van der Waals surface area contributed by atoms with Gasteiger partial charge < -0.3 is 19.5 Å². The number of methoxy groups -OCH3 is 1. The van der Waals surface area contributed by atoms with Gasteiger partial charge >= 0.3 is 0 Å². The quantitative estimate of drug-likeness (QED) is 0.847. The maximum atomic E-state index is 12.6. The maximum absolute atomic E-state index is 12.6. The van der Waals surface area contributed by atoms with E-state index in [1.54, 1.807) is 44.1 Å². The fraction of sp³-hybridized carbons (Fsp3) is 0.318. The van der Waals surface area contributed by atoms with Crippen molar-refractivity contribution in [3.05, 3.63) is 59.7 Å². The molecule has 0 aliphatic carbocycles. The molecule has 0 radical (unpaired) electrons. The van der Waals surface area contributed by atoms with Gasteiger partial charge in [0, 0.05) is 11.1 Å². The first-order valence-electron chi connectivity index (χ1n) is 8.80. The van der Waals surface area contributed by atoms with E-state index in [-0.39, 0.29) is 12.0 Å². The third-order valence-electron chi connectivity index (χ3n) is 4.12. The van der Waals surface area contributed by atoms with Crippen molar-refractivity contribution in [3.8, 4) is 23.3 Å². The average molecular weight is 365 g/mol. The van der Waals surface area contributed by atoms with Crippen LogP contribution in [0, 0.1) is 11.8 Å². The standard InChI is InChI=1S/C22H23NO4/c1-22(2,25)12-11-16-7-6-8-17(13-16)21(24)23-14-18(15-23)27-20-10-5-4-9-19(20)26-3/h4-10,13,18,25H,14-15H2,1-3H3. The van der Waals surface area contributed by atoms with Crippen LogP contribution >= 0.6 is 0 Å². The molecule has 1 N–H and O–H groups in total. The summed E-state index contributed by atoms with van der Waals surface area (Å²) in [6.07, 6.45) is -0.0524. The number of carbonyl (C=O) groups is 1. The van der Waals surface area contributed by atoms with Crippen LogP contribution in [0.15, 0.2) is 48.5 Å². The fourth-order valence-electron chi connectivity index (χ4n) is 2.71. The summed E-state index contributed by atoms with van der Waals surface area (Å²) in [5, 5.41) is 9.71. The van der Waals surface area contributed by atoms with Crippen LogP contribution in [-0.2, 0) is 0 Å². The summed E-state index contributed by atoms with van der Waals surface area (Å²) in [5.41, 5.74) is 0.208. The lowest BCUT2D eigenvalue weighted by Crippen LogP contribution is -2.56. The first-order valence-corrected chi connectivity index (χ1v) is 8.80. The molecular weight excluding hydrogens is 342 g/mol. The SMILES string of the molecule is COc1ccccc1OC1CN(C(=O)c2cccc(C#CC(C)(C)O)c2)C1. The van der Waals surface area contributed by atoms with Crippen molar-refractivity contribution in [3.63, 3.8) is 0 Å². The second-order valence-corrected chi connectivity index (χ2v) is 6.99. The van der Waals surface area contributed by atoms with Gasteiger partial charge in [0.2, 0.25) is 0 Å². The van der Waals surface area contributed by atoms with E-state index >= 15 is 0 Å². The van der Waals surface area contributed by atoms with Gasteiger partial charge in [0.05, 0.1) is 20.2 Å². The molecule has 0 atom stereocenters. The summed E-state index contributed by atoms with van der Waals surface area (Å²) in [4.78, 5) is 14.4. The number of aliphatic hydroxyl groups is 1. The highest BCUT2D eigenvalue weighted by Crippen LogP contribution is 2.29. The van der Waals surface area contributed by atoms with Crippen LogP contribution in [0.25, 0.3) is 0 Å². The number of likely N-dealkylation sites (tertiary alicyclic amines) is 1. The highest BCUT2D eigenvalue weighted by molar-refractivity contribution is 5.95. The van der Waals surface area contributed by atoms with Crippen molar-refractivity contribution < 1.29 is 19.4 Å². The van der Waals surface area contributed by atoms with Crippen molar-refractivity contribution in [2.24, 2.45) is 0 Å². The first kappa shape index (κ1) is 18.8. The third-order valence-corrected chi connectivity index (χ3v) is 4.12. The Labute approximate surface area is 159 Å². The second kappa shape index (κ2) is 7.73. The molecule has 140 valence electrons. The van der Waals surface area contributed by atoms with E-state index in [0.717, 1.165) is 0 Å². The number of hydrogen-bond donors (Lipinski definition) is 1. The van der Waals surface area contributed by atoms with Crippen LogP contribution < -0.4 is 9.47 Å². The van der Waals surface area contributed by atoms with Crippen molar-refractivity contribution in [1.29, 1.82) is 0 Å². The molecule has 0 unspecified atom stereocenters. The molecule has 1 aliphatic heterocycles. The summed E-state index contributed by atoms with van der Waals surface area (Å²) >= 11 is 0. The molecule has 3 rings (SSSR count). The lowest BCUT2D eigenvalue weighted by molar-refractivity contribution is 0.0169. The summed E-state index contributed by atoms with van der Waals surface area (Å²) < 4.78 is 11.2. The topological polar surface area (TPSA) is 59.0 Å². The summed E-state index contributed by atoms with van der Waals surface area (Å²) in [5.74, 6) is 6.96. The normalized spacial score (nSPS) is 14.0. The minimum atomic E-state index is -1.07. The van der Waals surface area contributed by atoms with Crippen molar-refractivity contribution in [1.82, 2.24) is 4.90 Å². The van der Waals surface area contributed by atoms with Gasteiger partial charge in [-0.1, -0.05) is 30.0 Å². The van der Waals surface area contributed by atoms with Crippen LogP contribution in [0.4, 0.5) is 0 Å². The van der Waals surface area contributed by atoms with E-state index in [1.165, 1.54) is 0 Å². The average Bonchev–Trinajstić information content (AvgIpc) is 2.62. The van der Waals surface area contributed by atoms with Gasteiger partial charge in [-0.3, -0.25) is 4.79 Å². The Balaban J connectivity index is 1.61. The molecule has 1 aliphatic rings. The molecular formula is C22H23NO4. The zero-order valence-electron chi connectivity index (χ0n) is 15.7. The molecule has 0 aromatic heterocycles. The Kier molecular flexibility index (Phi) is 5.38. The molecule has 1 heterocycles. The number of para-hydroxylation sites is 2. The summed E-state index contributed by atoms with van der Waals surface area (Å²) in [6.45, 7) is 4.29. The first-order chi connectivity index (χ1) is 12.9. The molecule has 0 bridgehead atoms. The Morgan fingerprint density at radius 3 is 2.52 bits per heavy atom. The molecule has 27 heavy (non-hydrogen) atoms. The molecule has 0 spiro atoms. The minimum absolute atomic E-state index is 0.0524. The molecule has 2 aromatic rings. The molecule has 1 amide bonds. The lowest BCUT2D eigenvalue weighted by Gasteiger charge is -2.39. The predicted octanol–water partition coefficient (Wildman–Crippen LogP) is 2.72. The van der Waals surface area contributed by atoms with Crippen LogP contribution in [0.2, 0.25) is 0 Å². The van der Waals surface area contributed by atoms with Gasteiger partial charge in [-0.05, 0) is 44.2 Å². The van der Waals surface area contributed by atoms with E-state index < -0.39 is 5.60 Å². The third kappa shape index (κ3) is 4.81. The monoisotopic (exact) mass is 365 g/mol. The largest absolute Gasteiger partial charge is 0.493 e. The number of benzene rings is 2. The van der Waals surface area contributed by atoms with Gasteiger partial charge in [-0.2, -0.15) is 0 Å². The Morgan fingerprint density at radius 2 is 1.85 bits per heavy atom. The van der Waals surface area contributed by atoms with Gasteiger partial charge in [0.15, 0.2) is 11.5 Å². The second-order valence-electron chi connectivity index (χ2n) is 6.99. The molecule has 1 saturated heterocycles. The smallest absolute Gasteiger partial charge is 0.254 e. The maximum Gasteiger partial charge on any atom is 0.254 e. The Morgan fingerprint density at radius 1 is 1.15 bits per heavy atom. The zero-order valence-corrected chi connectivity index (χ0v) is 15.7. The lowest BCUT2D eigenvalue weighted by atomic mass is 10.1. The Bertz CT molecular complexity index is 883. The molecule has 5 nitrogen and oxygen atoms in total. The number of amides is 1. The van der Waals surface area contributed by atoms with E-state index in [9.17, 15) is 9.90 Å². The van der Waals surface area contributed by atoms with Crippen LogP contribution in [0.1, 0.15) is 29.8 Å². The van der Waals surface area contributed by atoms with E-state index in [4.69, 9.17) is 9.47 Å². The molecule has 1 fully saturated rings. The van der Waals surface area contributed by atoms with Crippen LogP contribution in [0.5, 0.6) is 11.5 Å². The van der Waals surface area contributed by atoms with Crippen LogP contribution in [-0.4, -0.2) is 47.8 Å². The molecule has 5 heteroatoms. The Hall–Kier alpha value is -2.97. The number of carbonyl (C=O) groups excluding carboxylic acids is 1. The van der Waals surface area contributed by atoms with Gasteiger partial charge in [0.1, 0.15) is 11.7 Å². The summed E-state index contributed by atoms with van der Waals surface area (Å²) in [6, 6.07) is 14.6. The van der Waals surface area contributed by atoms with E-state index in [1.807, 2.05) is 30.3 Å². The van der Waals surface area contributed by atoms with Crippen LogP contribution in [0.3, 0.4) is 0 Å². The predicted molar refractivity (Wildman–Crippen MR) is 103 cm³/mol. The zero-order chi connectivity index (χ0) is 19.4. The fourth-order valence-corrected chi connectivity index (χ4v) is 2.71. The van der Waals surface area contributed by atoms with Gasteiger partial charge in [-0.25, -0.2) is 0 Å². The number of nitrogens with zero attached hydrogens (tertiary/aromatic N) is 1. The summed E-state index contributed by atoms with van der Waals surface area (Å²) in [7, 11) is 1.60. The number of rotatable bonds is 4. The van der Waals surface area contributed by atoms with Crippen molar-refractivity contribution in [2.75, 3.05) is 20.2 Å². The molecule has 2 aromatic carbocycles. The number of ether oxygens (including phenoxy) is 2. The number of hydrogen-bond acceptors (Lipinski definition) is 4. The molecule has 0 saturated carbocycles. The van der Waals surface area contributed by atoms with Gasteiger partial charge in [-0.15, -0.1) is 0 Å². The van der Waals surface area contributed by atoms with E-state index in [0.29, 0.717) is 35.7 Å². The highest BCUT2D eigenvalue weighted by Gasteiger charge is 2.33. The van der Waals surface area contributed by atoms with Gasteiger partial charge in [0.25, 0.3) is 5.91 Å². The minimum Gasteiger partial charge on any atom is -0.493 e. The highest BCUT2D eigenvalue weighted by atomic mass is 16.5.